The smallest absolute Gasteiger partial charge is 0.303 e. The first-order chi connectivity index (χ1) is 11.5. The summed E-state index contributed by atoms with van der Waals surface area (Å²) >= 11 is 0. The summed E-state index contributed by atoms with van der Waals surface area (Å²) in [5.41, 5.74) is 1.16. The van der Waals surface area contributed by atoms with Gasteiger partial charge in [0.25, 0.3) is 5.91 Å². The molecular formula is C18H18N2O4. The lowest BCUT2D eigenvalue weighted by Crippen LogP contribution is -2.35. The maximum absolute atomic E-state index is 12.3. The van der Waals surface area contributed by atoms with Crippen LogP contribution in [0.15, 0.2) is 60.7 Å². The van der Waals surface area contributed by atoms with Gasteiger partial charge in [-0.2, -0.15) is 0 Å². The van der Waals surface area contributed by atoms with E-state index in [1.807, 2.05) is 12.1 Å². The van der Waals surface area contributed by atoms with E-state index < -0.39 is 23.9 Å². The molecule has 0 radical (unpaired) electrons. The summed E-state index contributed by atoms with van der Waals surface area (Å²) in [6.07, 6.45) is -1.47. The van der Waals surface area contributed by atoms with Crippen molar-refractivity contribution < 1.29 is 19.1 Å². The summed E-state index contributed by atoms with van der Waals surface area (Å²) in [7, 11) is 0. The monoisotopic (exact) mass is 326 g/mol. The lowest BCUT2D eigenvalue weighted by Gasteiger charge is -2.16. The van der Waals surface area contributed by atoms with Crippen LogP contribution in [-0.2, 0) is 19.1 Å². The summed E-state index contributed by atoms with van der Waals surface area (Å²) in [5.74, 6) is -1.61. The molecule has 0 aliphatic rings. The lowest BCUT2D eigenvalue weighted by molar-refractivity contribution is -0.153. The number of esters is 1. The van der Waals surface area contributed by atoms with Gasteiger partial charge in [-0.25, -0.2) is 0 Å². The molecule has 0 saturated carbocycles. The number of nitrogens with one attached hydrogen (secondary N) is 2. The number of ether oxygens (including phenoxy) is 1. The summed E-state index contributed by atoms with van der Waals surface area (Å²) in [4.78, 5) is 35.6. The highest BCUT2D eigenvalue weighted by atomic mass is 16.5. The molecule has 0 aliphatic heterocycles. The number of carbonyl (C=O) groups is 3. The van der Waals surface area contributed by atoms with Crippen molar-refractivity contribution in [2.24, 2.45) is 0 Å². The number of hydrogen-bond donors (Lipinski definition) is 2. The highest BCUT2D eigenvalue weighted by Crippen LogP contribution is 2.11. The van der Waals surface area contributed by atoms with Gasteiger partial charge in [0, 0.05) is 18.3 Å². The molecule has 2 aromatic carbocycles. The Morgan fingerprint density at radius 1 is 0.875 bits per heavy atom. The molecule has 0 unspecified atom stereocenters. The Morgan fingerprint density at radius 3 is 1.88 bits per heavy atom. The van der Waals surface area contributed by atoms with Gasteiger partial charge in [-0.15, -0.1) is 0 Å². The number of para-hydroxylation sites is 2. The second-order valence-electron chi connectivity index (χ2n) is 5.07. The topological polar surface area (TPSA) is 84.5 Å². The van der Waals surface area contributed by atoms with E-state index in [4.69, 9.17) is 4.74 Å². The molecule has 0 saturated heterocycles. The van der Waals surface area contributed by atoms with E-state index in [0.717, 1.165) is 0 Å². The number of hydrogen-bond acceptors (Lipinski definition) is 4. The van der Waals surface area contributed by atoms with Crippen molar-refractivity contribution in [1.29, 1.82) is 0 Å². The Bertz CT molecular complexity index is 701. The maximum atomic E-state index is 12.3. The average Bonchev–Trinajstić information content (AvgIpc) is 2.55. The number of carbonyl (C=O) groups excluding carboxylic acids is 3. The number of benzene rings is 2. The van der Waals surface area contributed by atoms with Crippen molar-refractivity contribution in [1.82, 2.24) is 0 Å². The third-order valence-corrected chi connectivity index (χ3v) is 3.07. The van der Waals surface area contributed by atoms with Crippen LogP contribution in [-0.4, -0.2) is 23.9 Å². The third kappa shape index (κ3) is 5.57. The molecule has 0 spiro atoms. The van der Waals surface area contributed by atoms with E-state index in [9.17, 15) is 14.4 Å². The van der Waals surface area contributed by atoms with Crippen LogP contribution in [0.5, 0.6) is 0 Å². The molecule has 24 heavy (non-hydrogen) atoms. The maximum Gasteiger partial charge on any atom is 0.303 e. The van der Waals surface area contributed by atoms with Gasteiger partial charge in [-0.05, 0) is 24.3 Å². The second-order valence-corrected chi connectivity index (χ2v) is 5.07. The SMILES string of the molecule is CC(=O)O[C@@H](CC(=O)Nc1ccccc1)C(=O)Nc1ccccc1. The molecule has 1 atom stereocenters. The van der Waals surface area contributed by atoms with Crippen LogP contribution in [0.25, 0.3) is 0 Å². The standard InChI is InChI=1S/C18H18N2O4/c1-13(21)24-16(18(23)20-15-10-6-3-7-11-15)12-17(22)19-14-8-4-2-5-9-14/h2-11,16H,12H2,1H3,(H,19,22)(H,20,23)/t16-/m0/s1. The number of anilines is 2. The Morgan fingerprint density at radius 2 is 1.38 bits per heavy atom. The van der Waals surface area contributed by atoms with Crippen LogP contribution >= 0.6 is 0 Å². The zero-order chi connectivity index (χ0) is 17.4. The molecule has 0 aromatic heterocycles. The molecule has 124 valence electrons. The molecule has 2 N–H and O–H groups in total. The molecule has 6 nitrogen and oxygen atoms in total. The normalized spacial score (nSPS) is 11.2. The van der Waals surface area contributed by atoms with Gasteiger partial charge in [0.05, 0.1) is 6.42 Å². The minimum Gasteiger partial charge on any atom is -0.452 e. The van der Waals surface area contributed by atoms with E-state index in [0.29, 0.717) is 11.4 Å². The first-order valence-electron chi connectivity index (χ1n) is 7.42. The largest absolute Gasteiger partial charge is 0.452 e. The average molecular weight is 326 g/mol. The van der Waals surface area contributed by atoms with Crippen molar-refractivity contribution >= 4 is 29.2 Å². The van der Waals surface area contributed by atoms with Crippen LogP contribution in [0, 0.1) is 0 Å². The van der Waals surface area contributed by atoms with E-state index in [-0.39, 0.29) is 6.42 Å². The fourth-order valence-electron chi connectivity index (χ4n) is 2.03. The van der Waals surface area contributed by atoms with Gasteiger partial charge >= 0.3 is 5.97 Å². The summed E-state index contributed by atoms with van der Waals surface area (Å²) < 4.78 is 4.98. The molecule has 0 heterocycles. The van der Waals surface area contributed by atoms with Crippen LogP contribution in [0.2, 0.25) is 0 Å². The number of amides is 2. The van der Waals surface area contributed by atoms with Gasteiger partial charge < -0.3 is 15.4 Å². The van der Waals surface area contributed by atoms with Gasteiger partial charge in [0.15, 0.2) is 6.10 Å². The lowest BCUT2D eigenvalue weighted by atomic mass is 10.2. The minimum atomic E-state index is -1.20. The Hall–Kier alpha value is -3.15. The van der Waals surface area contributed by atoms with Crippen molar-refractivity contribution in [2.45, 2.75) is 19.4 Å². The number of rotatable bonds is 6. The Labute approximate surface area is 139 Å². The molecule has 0 aliphatic carbocycles. The fraction of sp³-hybridized carbons (Fsp3) is 0.167. The van der Waals surface area contributed by atoms with Crippen LogP contribution in [0.3, 0.4) is 0 Å². The second kappa shape index (κ2) is 8.47. The predicted molar refractivity (Wildman–Crippen MR) is 90.3 cm³/mol. The van der Waals surface area contributed by atoms with Crippen molar-refractivity contribution in [3.63, 3.8) is 0 Å². The highest BCUT2D eigenvalue weighted by molar-refractivity contribution is 6.00. The molecule has 0 fully saturated rings. The first-order valence-corrected chi connectivity index (χ1v) is 7.42. The Kier molecular flexibility index (Phi) is 6.08. The fourth-order valence-corrected chi connectivity index (χ4v) is 2.03. The van der Waals surface area contributed by atoms with Crippen LogP contribution < -0.4 is 10.6 Å². The molecule has 0 bridgehead atoms. The van der Waals surface area contributed by atoms with Crippen molar-refractivity contribution in [3.05, 3.63) is 60.7 Å². The quantitative estimate of drug-likeness (QED) is 0.799. The molecular weight excluding hydrogens is 308 g/mol. The third-order valence-electron chi connectivity index (χ3n) is 3.07. The van der Waals surface area contributed by atoms with Gasteiger partial charge in [0.2, 0.25) is 5.91 Å². The van der Waals surface area contributed by atoms with Crippen LogP contribution in [0.4, 0.5) is 11.4 Å². The Balaban J connectivity index is 2.00. The van der Waals surface area contributed by atoms with E-state index in [1.165, 1.54) is 6.92 Å². The van der Waals surface area contributed by atoms with Crippen molar-refractivity contribution in [3.8, 4) is 0 Å². The van der Waals surface area contributed by atoms with E-state index in [1.54, 1.807) is 48.5 Å². The molecule has 2 rings (SSSR count). The van der Waals surface area contributed by atoms with E-state index in [2.05, 4.69) is 10.6 Å². The van der Waals surface area contributed by atoms with Gasteiger partial charge in [-0.1, -0.05) is 36.4 Å². The van der Waals surface area contributed by atoms with Crippen molar-refractivity contribution in [2.75, 3.05) is 10.6 Å². The summed E-state index contributed by atoms with van der Waals surface area (Å²) in [6.45, 7) is 1.19. The summed E-state index contributed by atoms with van der Waals surface area (Å²) in [6, 6.07) is 17.6. The van der Waals surface area contributed by atoms with E-state index >= 15 is 0 Å². The van der Waals surface area contributed by atoms with Gasteiger partial charge in [0.1, 0.15) is 0 Å². The van der Waals surface area contributed by atoms with Crippen LogP contribution in [0.1, 0.15) is 13.3 Å². The highest BCUT2D eigenvalue weighted by Gasteiger charge is 2.25. The molecule has 2 aromatic rings. The first kappa shape index (κ1) is 17.2. The zero-order valence-electron chi connectivity index (χ0n) is 13.2. The zero-order valence-corrected chi connectivity index (χ0v) is 13.2. The summed E-state index contributed by atoms with van der Waals surface area (Å²) in [5, 5.41) is 5.27. The minimum absolute atomic E-state index is 0.271. The molecule has 6 heteroatoms. The van der Waals surface area contributed by atoms with Gasteiger partial charge in [-0.3, -0.25) is 14.4 Å². The predicted octanol–water partition coefficient (Wildman–Crippen LogP) is 2.59. The molecule has 2 amide bonds.